The van der Waals surface area contributed by atoms with E-state index in [1.165, 1.54) is 43.4 Å². The molecule has 0 spiro atoms. The highest BCUT2D eigenvalue weighted by atomic mass is 32.2. The van der Waals surface area contributed by atoms with Crippen LogP contribution < -0.4 is 10.1 Å². The minimum atomic E-state index is 0.391. The molecule has 1 unspecified atom stereocenters. The van der Waals surface area contributed by atoms with Gasteiger partial charge in [0.2, 0.25) is 0 Å². The van der Waals surface area contributed by atoms with Crippen LogP contribution in [0.5, 0.6) is 5.75 Å². The summed E-state index contributed by atoms with van der Waals surface area (Å²) in [5.74, 6) is 3.36. The fraction of sp³-hybridized carbons (Fsp3) is 0.667. The Morgan fingerprint density at radius 3 is 2.62 bits per heavy atom. The third kappa shape index (κ3) is 4.40. The van der Waals surface area contributed by atoms with Crippen molar-refractivity contribution in [3.63, 3.8) is 0 Å². The van der Waals surface area contributed by atoms with E-state index in [9.17, 15) is 0 Å². The maximum absolute atomic E-state index is 6.05. The van der Waals surface area contributed by atoms with E-state index in [2.05, 4.69) is 36.5 Å². The molecule has 0 radical (unpaired) electrons. The highest BCUT2D eigenvalue weighted by Gasteiger charge is 2.27. The lowest BCUT2D eigenvalue weighted by Crippen LogP contribution is -2.27. The Balaban J connectivity index is 1.49. The van der Waals surface area contributed by atoms with Crippen LogP contribution in [0.4, 0.5) is 0 Å². The SMILES string of the molecule is CC1(COc2ccc(CC3CSCN3)cc2)CCCCC1. The van der Waals surface area contributed by atoms with E-state index in [1.54, 1.807) is 0 Å². The first-order valence-corrected chi connectivity index (χ1v) is 9.42. The molecule has 3 heteroatoms. The molecule has 2 nitrogen and oxygen atoms in total. The van der Waals surface area contributed by atoms with E-state index >= 15 is 0 Å². The molecule has 0 bridgehead atoms. The Morgan fingerprint density at radius 2 is 1.95 bits per heavy atom. The number of nitrogens with one attached hydrogen (secondary N) is 1. The van der Waals surface area contributed by atoms with Gasteiger partial charge in [-0.15, -0.1) is 11.8 Å². The number of thioether (sulfide) groups is 1. The van der Waals surface area contributed by atoms with Crippen LogP contribution in [0.3, 0.4) is 0 Å². The van der Waals surface area contributed by atoms with E-state index in [0.29, 0.717) is 11.5 Å². The molecule has 0 amide bonds. The molecule has 1 aromatic carbocycles. The quantitative estimate of drug-likeness (QED) is 0.879. The van der Waals surface area contributed by atoms with Crippen LogP contribution in [0.1, 0.15) is 44.6 Å². The average Bonchev–Trinajstić information content (AvgIpc) is 3.00. The van der Waals surface area contributed by atoms with Gasteiger partial charge in [-0.2, -0.15) is 0 Å². The van der Waals surface area contributed by atoms with Crippen molar-refractivity contribution in [2.45, 2.75) is 51.5 Å². The van der Waals surface area contributed by atoms with Crippen LogP contribution in [0, 0.1) is 5.41 Å². The molecule has 3 rings (SSSR count). The van der Waals surface area contributed by atoms with Crippen molar-refractivity contribution in [1.82, 2.24) is 5.32 Å². The molecule has 1 atom stereocenters. The molecule has 1 saturated heterocycles. The summed E-state index contributed by atoms with van der Waals surface area (Å²) in [5.41, 5.74) is 1.80. The first kappa shape index (κ1) is 15.2. The van der Waals surface area contributed by atoms with Gasteiger partial charge in [-0.05, 0) is 37.0 Å². The van der Waals surface area contributed by atoms with E-state index < -0.39 is 0 Å². The summed E-state index contributed by atoms with van der Waals surface area (Å²) in [4.78, 5) is 0. The standard InChI is InChI=1S/C18H27NOS/c1-18(9-3-2-4-10-18)13-20-17-7-5-15(6-8-17)11-16-12-21-14-19-16/h5-8,16,19H,2-4,9-14H2,1H3. The zero-order chi connectivity index (χ0) is 14.5. The number of benzene rings is 1. The van der Waals surface area contributed by atoms with Crippen LogP contribution in [-0.2, 0) is 6.42 Å². The summed E-state index contributed by atoms with van der Waals surface area (Å²) >= 11 is 1.99. The normalized spacial score (nSPS) is 24.9. The number of rotatable bonds is 5. The van der Waals surface area contributed by atoms with Crippen molar-refractivity contribution in [3.05, 3.63) is 29.8 Å². The molecule has 116 valence electrons. The van der Waals surface area contributed by atoms with Crippen molar-refractivity contribution in [2.24, 2.45) is 5.41 Å². The monoisotopic (exact) mass is 305 g/mol. The zero-order valence-corrected chi connectivity index (χ0v) is 13.9. The molecule has 0 aromatic heterocycles. The molecule has 1 saturated carbocycles. The van der Waals surface area contributed by atoms with Crippen molar-refractivity contribution in [3.8, 4) is 5.75 Å². The van der Waals surface area contributed by atoms with E-state index in [4.69, 9.17) is 4.74 Å². The van der Waals surface area contributed by atoms with Gasteiger partial charge in [0.1, 0.15) is 5.75 Å². The van der Waals surface area contributed by atoms with E-state index in [0.717, 1.165) is 24.7 Å². The molecule has 2 fully saturated rings. The first-order chi connectivity index (χ1) is 10.2. The first-order valence-electron chi connectivity index (χ1n) is 8.26. The Morgan fingerprint density at radius 1 is 1.19 bits per heavy atom. The van der Waals surface area contributed by atoms with Crippen LogP contribution in [0.25, 0.3) is 0 Å². The second-order valence-corrected chi connectivity index (χ2v) is 7.95. The topological polar surface area (TPSA) is 21.3 Å². The lowest BCUT2D eigenvalue weighted by molar-refractivity contribution is 0.116. The average molecular weight is 305 g/mol. The summed E-state index contributed by atoms with van der Waals surface area (Å²) in [7, 11) is 0. The number of ether oxygens (including phenoxy) is 1. The summed E-state index contributed by atoms with van der Waals surface area (Å²) in [5, 5.41) is 3.52. The summed E-state index contributed by atoms with van der Waals surface area (Å²) in [6.45, 7) is 3.25. The Kier molecular flexibility index (Phi) is 5.12. The molecule has 21 heavy (non-hydrogen) atoms. The van der Waals surface area contributed by atoms with Gasteiger partial charge in [0.15, 0.2) is 0 Å². The highest BCUT2D eigenvalue weighted by Crippen LogP contribution is 2.36. The molecule has 1 aromatic rings. The van der Waals surface area contributed by atoms with Crippen LogP contribution >= 0.6 is 11.8 Å². The lowest BCUT2D eigenvalue weighted by atomic mass is 9.76. The van der Waals surface area contributed by atoms with E-state index in [-0.39, 0.29) is 0 Å². The zero-order valence-electron chi connectivity index (χ0n) is 13.1. The molecule has 2 aliphatic rings. The fourth-order valence-electron chi connectivity index (χ4n) is 3.38. The predicted octanol–water partition coefficient (Wildman–Crippen LogP) is 4.24. The Bertz CT molecular complexity index is 433. The molecular weight excluding hydrogens is 278 g/mol. The summed E-state index contributed by atoms with van der Waals surface area (Å²) < 4.78 is 6.05. The van der Waals surface area contributed by atoms with Gasteiger partial charge < -0.3 is 10.1 Å². The minimum Gasteiger partial charge on any atom is -0.493 e. The maximum atomic E-state index is 6.05. The summed E-state index contributed by atoms with van der Waals surface area (Å²) in [6.07, 6.45) is 7.89. The van der Waals surface area contributed by atoms with Gasteiger partial charge in [0, 0.05) is 23.1 Å². The number of hydrogen-bond donors (Lipinski definition) is 1. The van der Waals surface area contributed by atoms with Gasteiger partial charge in [0.25, 0.3) is 0 Å². The second kappa shape index (κ2) is 7.06. The summed E-state index contributed by atoms with van der Waals surface area (Å²) in [6, 6.07) is 9.38. The van der Waals surface area contributed by atoms with Crippen molar-refractivity contribution in [2.75, 3.05) is 18.2 Å². The van der Waals surface area contributed by atoms with Crippen molar-refractivity contribution < 1.29 is 4.74 Å². The highest BCUT2D eigenvalue weighted by molar-refractivity contribution is 7.99. The molecule has 1 heterocycles. The second-order valence-electron chi connectivity index (χ2n) is 6.92. The van der Waals surface area contributed by atoms with Gasteiger partial charge in [0.05, 0.1) is 6.61 Å². The van der Waals surface area contributed by atoms with Gasteiger partial charge >= 0.3 is 0 Å². The van der Waals surface area contributed by atoms with Gasteiger partial charge in [-0.25, -0.2) is 0 Å². The third-order valence-electron chi connectivity index (χ3n) is 4.85. The van der Waals surface area contributed by atoms with Crippen molar-refractivity contribution >= 4 is 11.8 Å². The Hall–Kier alpha value is -0.670. The number of hydrogen-bond acceptors (Lipinski definition) is 3. The smallest absolute Gasteiger partial charge is 0.119 e. The van der Waals surface area contributed by atoms with Crippen LogP contribution in [0.15, 0.2) is 24.3 Å². The van der Waals surface area contributed by atoms with E-state index in [1.807, 2.05) is 11.8 Å². The molecule has 1 aliphatic carbocycles. The minimum absolute atomic E-state index is 0.391. The molecule has 1 N–H and O–H groups in total. The van der Waals surface area contributed by atoms with Gasteiger partial charge in [-0.3, -0.25) is 0 Å². The lowest BCUT2D eigenvalue weighted by Gasteiger charge is -2.33. The Labute approximate surface area is 133 Å². The fourth-order valence-corrected chi connectivity index (χ4v) is 4.37. The largest absolute Gasteiger partial charge is 0.493 e. The molecular formula is C18H27NOS. The molecule has 1 aliphatic heterocycles. The third-order valence-corrected chi connectivity index (χ3v) is 5.86. The van der Waals surface area contributed by atoms with Gasteiger partial charge in [-0.1, -0.05) is 38.3 Å². The van der Waals surface area contributed by atoms with Crippen molar-refractivity contribution in [1.29, 1.82) is 0 Å². The van der Waals surface area contributed by atoms with Crippen LogP contribution in [-0.4, -0.2) is 24.3 Å². The van der Waals surface area contributed by atoms with Crippen LogP contribution in [0.2, 0.25) is 0 Å². The maximum Gasteiger partial charge on any atom is 0.119 e. The predicted molar refractivity (Wildman–Crippen MR) is 91.1 cm³/mol.